The summed E-state index contributed by atoms with van der Waals surface area (Å²) in [5.74, 6) is 1.47. The molecule has 0 amide bonds. The van der Waals surface area contributed by atoms with Gasteiger partial charge in [-0.2, -0.15) is 0 Å². The number of likely N-dealkylation sites (N-methyl/N-ethyl adjacent to an activating group) is 1. The number of ether oxygens (including phenoxy) is 2. The predicted molar refractivity (Wildman–Crippen MR) is 125 cm³/mol. The van der Waals surface area contributed by atoms with Gasteiger partial charge in [0.25, 0.3) is 0 Å². The van der Waals surface area contributed by atoms with Crippen LogP contribution in [0.4, 0.5) is 5.69 Å². The number of nitrogens with one attached hydrogen (secondary N) is 4. The number of anilines is 1. The van der Waals surface area contributed by atoms with Crippen molar-refractivity contribution >= 4 is 23.0 Å². The first-order valence-corrected chi connectivity index (χ1v) is 10.9. The van der Waals surface area contributed by atoms with Crippen LogP contribution < -0.4 is 29.9 Å². The lowest BCUT2D eigenvalue weighted by Gasteiger charge is -2.37. The molecule has 0 unspecified atom stereocenters. The van der Waals surface area contributed by atoms with Gasteiger partial charge >= 0.3 is 0 Å². The number of thiocarbonyl (C=S) groups is 1. The quantitative estimate of drug-likeness (QED) is 0.483. The van der Waals surface area contributed by atoms with Crippen LogP contribution in [-0.2, 0) is 0 Å². The lowest BCUT2D eigenvalue weighted by molar-refractivity contribution is -1.02. The summed E-state index contributed by atoms with van der Waals surface area (Å²) in [6.45, 7) is 6.90. The number of quaternary nitrogens is 2. The fourth-order valence-corrected chi connectivity index (χ4v) is 4.50. The van der Waals surface area contributed by atoms with E-state index in [1.807, 2.05) is 18.2 Å². The van der Waals surface area contributed by atoms with Gasteiger partial charge in [0.2, 0.25) is 0 Å². The standard InChI is InChI=1S/C23H32N4O2S/c1-17(24-23(30)25-20-16-19(28-3)10-11-21(20)29-4)22(18-8-6-5-7-9-18)27-14-12-26(2)13-15-27/h5-11,16-17,22H,12-15H2,1-4H3,(H2,24,25,30)/p+2/t17-,22-/m0/s1. The van der Waals surface area contributed by atoms with Gasteiger partial charge in [0.1, 0.15) is 43.7 Å². The zero-order chi connectivity index (χ0) is 21.5. The second-order valence-corrected chi connectivity index (χ2v) is 8.37. The van der Waals surface area contributed by atoms with Gasteiger partial charge in [-0.3, -0.25) is 0 Å². The minimum absolute atomic E-state index is 0.164. The molecule has 30 heavy (non-hydrogen) atoms. The molecule has 7 heteroatoms. The Morgan fingerprint density at radius 3 is 2.33 bits per heavy atom. The molecule has 6 nitrogen and oxygen atoms in total. The first-order valence-electron chi connectivity index (χ1n) is 10.5. The maximum absolute atomic E-state index is 5.66. The molecular formula is C23H34N4O2S+2. The molecule has 2 aromatic rings. The summed E-state index contributed by atoms with van der Waals surface area (Å²) in [5, 5.41) is 7.38. The third kappa shape index (κ3) is 5.62. The summed E-state index contributed by atoms with van der Waals surface area (Å²) >= 11 is 5.66. The molecule has 0 spiro atoms. The lowest BCUT2D eigenvalue weighted by atomic mass is 9.98. The Kier molecular flexibility index (Phi) is 7.90. The predicted octanol–water partition coefficient (Wildman–Crippen LogP) is 0.533. The van der Waals surface area contributed by atoms with Gasteiger partial charge in [-0.15, -0.1) is 0 Å². The van der Waals surface area contributed by atoms with E-state index in [9.17, 15) is 0 Å². The van der Waals surface area contributed by atoms with Crippen LogP contribution in [0.2, 0.25) is 0 Å². The molecule has 2 atom stereocenters. The summed E-state index contributed by atoms with van der Waals surface area (Å²) in [4.78, 5) is 3.21. The minimum Gasteiger partial charge on any atom is -0.497 e. The first-order chi connectivity index (χ1) is 14.5. The fourth-order valence-electron chi connectivity index (χ4n) is 4.21. The molecule has 1 aliphatic heterocycles. The van der Waals surface area contributed by atoms with E-state index in [-0.39, 0.29) is 6.04 Å². The number of methoxy groups -OCH3 is 2. The SMILES string of the molecule is COc1ccc(OC)c(NC(=S)N[C@@H](C)[C@@H](c2ccccc2)[NH+]2CC[NH+](C)CC2)c1. The van der Waals surface area contributed by atoms with E-state index < -0.39 is 0 Å². The zero-order valence-corrected chi connectivity index (χ0v) is 19.1. The minimum atomic E-state index is 0.164. The number of piperazine rings is 1. The molecule has 4 N–H and O–H groups in total. The summed E-state index contributed by atoms with van der Waals surface area (Å²) < 4.78 is 10.8. The summed E-state index contributed by atoms with van der Waals surface area (Å²) in [6.07, 6.45) is 0. The highest BCUT2D eigenvalue weighted by Crippen LogP contribution is 2.28. The second-order valence-electron chi connectivity index (χ2n) is 7.96. The third-order valence-electron chi connectivity index (χ3n) is 5.86. The largest absolute Gasteiger partial charge is 0.497 e. The highest BCUT2D eigenvalue weighted by molar-refractivity contribution is 7.80. The van der Waals surface area contributed by atoms with Gasteiger partial charge in [0.05, 0.1) is 33.0 Å². The van der Waals surface area contributed by atoms with E-state index in [0.29, 0.717) is 11.2 Å². The van der Waals surface area contributed by atoms with Crippen LogP contribution in [0.15, 0.2) is 48.5 Å². The van der Waals surface area contributed by atoms with Crippen molar-refractivity contribution in [2.75, 3.05) is 52.8 Å². The van der Waals surface area contributed by atoms with Gasteiger partial charge in [0.15, 0.2) is 5.11 Å². The summed E-state index contributed by atoms with van der Waals surface area (Å²) in [7, 11) is 5.57. The molecule has 3 rings (SSSR count). The molecule has 1 fully saturated rings. The highest BCUT2D eigenvalue weighted by Gasteiger charge is 2.33. The molecule has 0 bridgehead atoms. The van der Waals surface area contributed by atoms with E-state index in [2.05, 4.69) is 54.9 Å². The molecule has 2 aromatic carbocycles. The van der Waals surface area contributed by atoms with Crippen LogP contribution >= 0.6 is 12.2 Å². The zero-order valence-electron chi connectivity index (χ0n) is 18.3. The lowest BCUT2D eigenvalue weighted by Crippen LogP contribution is -3.27. The van der Waals surface area contributed by atoms with Crippen LogP contribution in [0.3, 0.4) is 0 Å². The van der Waals surface area contributed by atoms with Crippen LogP contribution in [-0.4, -0.2) is 58.6 Å². The van der Waals surface area contributed by atoms with E-state index in [4.69, 9.17) is 21.7 Å². The molecule has 0 aliphatic carbocycles. The maximum Gasteiger partial charge on any atom is 0.171 e. The van der Waals surface area contributed by atoms with Crippen LogP contribution in [0, 0.1) is 0 Å². The highest BCUT2D eigenvalue weighted by atomic mass is 32.1. The van der Waals surface area contributed by atoms with Crippen molar-refractivity contribution in [3.05, 3.63) is 54.1 Å². The van der Waals surface area contributed by atoms with Crippen LogP contribution in [0.25, 0.3) is 0 Å². The third-order valence-corrected chi connectivity index (χ3v) is 6.08. The summed E-state index contributed by atoms with van der Waals surface area (Å²) in [5.41, 5.74) is 2.13. The Morgan fingerprint density at radius 1 is 1.00 bits per heavy atom. The van der Waals surface area contributed by atoms with Crippen molar-refractivity contribution in [1.82, 2.24) is 5.32 Å². The Morgan fingerprint density at radius 2 is 1.70 bits per heavy atom. The van der Waals surface area contributed by atoms with Gasteiger partial charge in [-0.1, -0.05) is 30.3 Å². The second kappa shape index (κ2) is 10.6. The topological polar surface area (TPSA) is 51.4 Å². The normalized spacial score (nSPS) is 20.7. The first kappa shape index (κ1) is 22.3. The molecule has 0 saturated carbocycles. The number of hydrogen-bond donors (Lipinski definition) is 4. The van der Waals surface area contributed by atoms with E-state index in [1.54, 1.807) is 24.0 Å². The number of benzene rings is 2. The average molecular weight is 431 g/mol. The van der Waals surface area contributed by atoms with Crippen molar-refractivity contribution < 1.29 is 19.3 Å². The molecule has 1 saturated heterocycles. The monoisotopic (exact) mass is 430 g/mol. The molecule has 162 valence electrons. The number of rotatable bonds is 7. The van der Waals surface area contributed by atoms with Gasteiger partial charge in [0, 0.05) is 11.6 Å². The summed E-state index contributed by atoms with van der Waals surface area (Å²) in [6, 6.07) is 16.9. The molecular weight excluding hydrogens is 396 g/mol. The maximum atomic E-state index is 5.66. The van der Waals surface area contributed by atoms with Crippen LogP contribution in [0.1, 0.15) is 18.5 Å². The number of hydrogen-bond acceptors (Lipinski definition) is 3. The van der Waals surface area contributed by atoms with E-state index >= 15 is 0 Å². The van der Waals surface area contributed by atoms with Crippen molar-refractivity contribution in [1.29, 1.82) is 0 Å². The van der Waals surface area contributed by atoms with E-state index in [1.165, 1.54) is 18.7 Å². The van der Waals surface area contributed by atoms with E-state index in [0.717, 1.165) is 30.3 Å². The van der Waals surface area contributed by atoms with Gasteiger partial charge < -0.3 is 29.9 Å². The van der Waals surface area contributed by atoms with Crippen molar-refractivity contribution in [2.45, 2.75) is 19.0 Å². The smallest absolute Gasteiger partial charge is 0.171 e. The van der Waals surface area contributed by atoms with Gasteiger partial charge in [-0.25, -0.2) is 0 Å². The Balaban J connectivity index is 1.74. The van der Waals surface area contributed by atoms with Crippen LogP contribution in [0.5, 0.6) is 11.5 Å². The molecule has 0 aromatic heterocycles. The molecule has 0 radical (unpaired) electrons. The van der Waals surface area contributed by atoms with Gasteiger partial charge in [-0.05, 0) is 31.3 Å². The fraction of sp³-hybridized carbons (Fsp3) is 0.435. The average Bonchev–Trinajstić information content (AvgIpc) is 2.76. The van der Waals surface area contributed by atoms with Crippen molar-refractivity contribution in [3.8, 4) is 11.5 Å². The molecule has 1 aliphatic rings. The van der Waals surface area contributed by atoms with Crippen molar-refractivity contribution in [2.24, 2.45) is 0 Å². The Labute approximate surface area is 185 Å². The Bertz CT molecular complexity index is 825. The molecule has 1 heterocycles. The Hall–Kier alpha value is -2.35. The van der Waals surface area contributed by atoms with Crippen molar-refractivity contribution in [3.63, 3.8) is 0 Å².